The normalized spacial score (nSPS) is 13.7. The molecule has 3 nitrogen and oxygen atoms in total. The van der Waals surface area contributed by atoms with Crippen LogP contribution in [0.2, 0.25) is 0 Å². The minimum absolute atomic E-state index is 0.0748. The van der Waals surface area contributed by atoms with Crippen molar-refractivity contribution in [3.05, 3.63) is 35.9 Å². The third-order valence-electron chi connectivity index (χ3n) is 2.02. The zero-order chi connectivity index (χ0) is 11.3. The molecule has 1 atom stereocenters. The molecule has 0 aliphatic rings. The number of alkyl halides is 1. The molecule has 0 saturated carbocycles. The smallest absolute Gasteiger partial charge is 0.211 e. The zero-order valence-corrected chi connectivity index (χ0v) is 10.1. The Balaban J connectivity index is 2.54. The van der Waals surface area contributed by atoms with Crippen molar-refractivity contribution < 1.29 is 8.42 Å². The minimum atomic E-state index is -3.16. The topological polar surface area (TPSA) is 46.2 Å². The van der Waals surface area contributed by atoms with Crippen molar-refractivity contribution in [2.45, 2.75) is 12.3 Å². The lowest BCUT2D eigenvalue weighted by Gasteiger charge is -2.10. The van der Waals surface area contributed by atoms with E-state index in [0.717, 1.165) is 5.56 Å². The summed E-state index contributed by atoms with van der Waals surface area (Å²) in [5, 5.41) is -0.326. The fraction of sp³-hybridized carbons (Fsp3) is 0.400. The van der Waals surface area contributed by atoms with Crippen molar-refractivity contribution in [2.75, 3.05) is 12.3 Å². The predicted octanol–water partition coefficient (Wildman–Crippen LogP) is 1.91. The van der Waals surface area contributed by atoms with E-state index in [-0.39, 0.29) is 17.7 Å². The Kier molecular flexibility index (Phi) is 4.57. The summed E-state index contributed by atoms with van der Waals surface area (Å²) < 4.78 is 24.8. The van der Waals surface area contributed by atoms with Crippen LogP contribution >= 0.6 is 11.6 Å². The van der Waals surface area contributed by atoms with Gasteiger partial charge in [0.15, 0.2) is 0 Å². The summed E-state index contributed by atoms with van der Waals surface area (Å²) in [6.07, 6.45) is 0. The summed E-state index contributed by atoms with van der Waals surface area (Å²) in [5.74, 6) is 0.0748. The number of benzene rings is 1. The lowest BCUT2D eigenvalue weighted by atomic mass is 10.1. The van der Waals surface area contributed by atoms with E-state index < -0.39 is 10.0 Å². The molecular formula is C10H14ClNO2S. The molecule has 0 aromatic heterocycles. The Labute approximate surface area is 95.5 Å². The van der Waals surface area contributed by atoms with E-state index >= 15 is 0 Å². The van der Waals surface area contributed by atoms with Crippen LogP contribution in [0.5, 0.6) is 0 Å². The summed E-state index contributed by atoms with van der Waals surface area (Å²) in [6.45, 7) is 1.82. The van der Waals surface area contributed by atoms with Gasteiger partial charge in [0.05, 0.1) is 11.1 Å². The molecule has 5 heteroatoms. The molecule has 15 heavy (non-hydrogen) atoms. The molecule has 0 aliphatic heterocycles. The van der Waals surface area contributed by atoms with Gasteiger partial charge in [-0.05, 0) is 12.5 Å². The molecule has 1 aromatic rings. The van der Waals surface area contributed by atoms with Gasteiger partial charge in [0.1, 0.15) is 0 Å². The van der Waals surface area contributed by atoms with Crippen molar-refractivity contribution in [1.29, 1.82) is 0 Å². The molecule has 0 radical (unpaired) electrons. The first-order chi connectivity index (χ1) is 7.05. The highest BCUT2D eigenvalue weighted by Crippen LogP contribution is 2.18. The Morgan fingerprint density at radius 3 is 2.47 bits per heavy atom. The van der Waals surface area contributed by atoms with Crippen molar-refractivity contribution in [3.63, 3.8) is 0 Å². The van der Waals surface area contributed by atoms with Crippen LogP contribution in [0, 0.1) is 0 Å². The standard InChI is InChI=1S/C10H14ClNO2S/c1-2-15(13,14)12-8-10(11)9-6-4-3-5-7-9/h3-7,10,12H,2,8H2,1H3. The summed E-state index contributed by atoms with van der Waals surface area (Å²) in [5.41, 5.74) is 0.915. The fourth-order valence-corrected chi connectivity index (χ4v) is 2.02. The van der Waals surface area contributed by atoms with Gasteiger partial charge in [-0.15, -0.1) is 11.6 Å². The van der Waals surface area contributed by atoms with E-state index in [9.17, 15) is 8.42 Å². The number of hydrogen-bond acceptors (Lipinski definition) is 2. The Bertz CT molecular complexity index is 391. The average Bonchev–Trinajstić information content (AvgIpc) is 2.27. The van der Waals surface area contributed by atoms with Crippen molar-refractivity contribution >= 4 is 21.6 Å². The summed E-state index contributed by atoms with van der Waals surface area (Å²) in [7, 11) is -3.16. The first kappa shape index (κ1) is 12.5. The van der Waals surface area contributed by atoms with Gasteiger partial charge >= 0.3 is 0 Å². The van der Waals surface area contributed by atoms with Crippen LogP contribution in [0.25, 0.3) is 0 Å². The van der Waals surface area contributed by atoms with E-state index in [1.165, 1.54) is 0 Å². The number of nitrogens with one attached hydrogen (secondary N) is 1. The molecule has 1 N–H and O–H groups in total. The molecule has 0 bridgehead atoms. The Hall–Kier alpha value is -0.580. The number of hydrogen-bond donors (Lipinski definition) is 1. The molecule has 0 amide bonds. The lowest BCUT2D eigenvalue weighted by Crippen LogP contribution is -2.28. The maximum absolute atomic E-state index is 11.2. The second-order valence-corrected chi connectivity index (χ2v) is 5.75. The molecular weight excluding hydrogens is 234 g/mol. The van der Waals surface area contributed by atoms with E-state index in [1.807, 2.05) is 30.3 Å². The van der Waals surface area contributed by atoms with Gasteiger partial charge in [0, 0.05) is 6.54 Å². The zero-order valence-electron chi connectivity index (χ0n) is 8.48. The summed E-state index contributed by atoms with van der Waals surface area (Å²) in [6, 6.07) is 9.39. The SMILES string of the molecule is CCS(=O)(=O)NCC(Cl)c1ccccc1. The molecule has 84 valence electrons. The Morgan fingerprint density at radius 2 is 1.93 bits per heavy atom. The molecule has 1 aromatic carbocycles. The Morgan fingerprint density at radius 1 is 1.33 bits per heavy atom. The van der Waals surface area contributed by atoms with Gasteiger partial charge < -0.3 is 0 Å². The molecule has 0 aliphatic carbocycles. The van der Waals surface area contributed by atoms with Crippen molar-refractivity contribution in [2.24, 2.45) is 0 Å². The molecule has 1 unspecified atom stereocenters. The van der Waals surface area contributed by atoms with Crippen LogP contribution < -0.4 is 4.72 Å². The quantitative estimate of drug-likeness (QED) is 0.808. The van der Waals surface area contributed by atoms with Crippen LogP contribution in [0.4, 0.5) is 0 Å². The van der Waals surface area contributed by atoms with Crippen LogP contribution in [0.3, 0.4) is 0 Å². The van der Waals surface area contributed by atoms with Gasteiger partial charge in [-0.2, -0.15) is 0 Å². The largest absolute Gasteiger partial charge is 0.213 e. The number of halogens is 1. The highest BCUT2D eigenvalue weighted by molar-refractivity contribution is 7.89. The van der Waals surface area contributed by atoms with Crippen LogP contribution in [0.1, 0.15) is 17.9 Å². The monoisotopic (exact) mass is 247 g/mol. The van der Waals surface area contributed by atoms with E-state index in [2.05, 4.69) is 4.72 Å². The van der Waals surface area contributed by atoms with Gasteiger partial charge in [-0.3, -0.25) is 0 Å². The van der Waals surface area contributed by atoms with Crippen LogP contribution in [0.15, 0.2) is 30.3 Å². The van der Waals surface area contributed by atoms with E-state index in [0.29, 0.717) is 0 Å². The average molecular weight is 248 g/mol. The third kappa shape index (κ3) is 4.20. The highest BCUT2D eigenvalue weighted by Gasteiger charge is 2.11. The molecule has 1 rings (SSSR count). The second kappa shape index (κ2) is 5.49. The first-order valence-corrected chi connectivity index (χ1v) is 6.80. The van der Waals surface area contributed by atoms with Crippen LogP contribution in [-0.2, 0) is 10.0 Å². The van der Waals surface area contributed by atoms with Gasteiger partial charge in [0.2, 0.25) is 10.0 Å². The molecule has 0 saturated heterocycles. The first-order valence-electron chi connectivity index (χ1n) is 4.71. The maximum atomic E-state index is 11.2. The van der Waals surface area contributed by atoms with E-state index in [4.69, 9.17) is 11.6 Å². The molecule has 0 heterocycles. The third-order valence-corrected chi connectivity index (χ3v) is 3.80. The second-order valence-electron chi connectivity index (χ2n) is 3.13. The fourth-order valence-electron chi connectivity index (χ4n) is 1.08. The maximum Gasteiger partial charge on any atom is 0.211 e. The van der Waals surface area contributed by atoms with Gasteiger partial charge in [-0.25, -0.2) is 13.1 Å². The summed E-state index contributed by atoms with van der Waals surface area (Å²) >= 11 is 6.04. The summed E-state index contributed by atoms with van der Waals surface area (Å²) in [4.78, 5) is 0. The van der Waals surface area contributed by atoms with Crippen LogP contribution in [-0.4, -0.2) is 20.7 Å². The molecule has 0 fully saturated rings. The van der Waals surface area contributed by atoms with Gasteiger partial charge in [0.25, 0.3) is 0 Å². The van der Waals surface area contributed by atoms with E-state index in [1.54, 1.807) is 6.92 Å². The molecule has 0 spiro atoms. The highest BCUT2D eigenvalue weighted by atomic mass is 35.5. The number of sulfonamides is 1. The lowest BCUT2D eigenvalue weighted by molar-refractivity contribution is 0.582. The minimum Gasteiger partial charge on any atom is -0.213 e. The van der Waals surface area contributed by atoms with Crippen molar-refractivity contribution in [3.8, 4) is 0 Å². The number of rotatable bonds is 5. The predicted molar refractivity (Wildman–Crippen MR) is 62.5 cm³/mol. The van der Waals surface area contributed by atoms with Gasteiger partial charge in [-0.1, -0.05) is 30.3 Å². The van der Waals surface area contributed by atoms with Crippen molar-refractivity contribution in [1.82, 2.24) is 4.72 Å².